The number of nitrogens with zero attached hydrogens (tertiary/aromatic N) is 2. The third kappa shape index (κ3) is 4.17. The van der Waals surface area contributed by atoms with Crippen molar-refractivity contribution in [3.8, 4) is 0 Å². The van der Waals surface area contributed by atoms with Crippen LogP contribution < -0.4 is 4.31 Å². The van der Waals surface area contributed by atoms with Gasteiger partial charge < -0.3 is 0 Å². The molecule has 0 atom stereocenters. The fraction of sp³-hybridized carbons (Fsp3) is 0.160. The first-order valence-electron chi connectivity index (χ1n) is 10.5. The number of benzene rings is 3. The molecule has 0 unspecified atom stereocenters. The highest BCUT2D eigenvalue weighted by molar-refractivity contribution is 7.93. The largest absolute Gasteiger partial charge is 0.274 e. The normalized spacial score (nSPS) is 13.2. The fourth-order valence-electron chi connectivity index (χ4n) is 3.73. The summed E-state index contributed by atoms with van der Waals surface area (Å²) in [4.78, 5) is 39.4. The van der Waals surface area contributed by atoms with Gasteiger partial charge in [-0.3, -0.25) is 19.3 Å². The summed E-state index contributed by atoms with van der Waals surface area (Å²) in [7, 11) is -4.20. The summed E-state index contributed by atoms with van der Waals surface area (Å²) in [6.45, 7) is 1.75. The molecule has 0 aromatic heterocycles. The van der Waals surface area contributed by atoms with Gasteiger partial charge in [0.05, 0.1) is 21.7 Å². The molecule has 3 amide bonds. The molecule has 0 saturated heterocycles. The molecule has 1 heterocycles. The zero-order valence-electron chi connectivity index (χ0n) is 18.0. The average molecular weight is 463 g/mol. The second-order valence-corrected chi connectivity index (χ2v) is 9.34. The van der Waals surface area contributed by atoms with Gasteiger partial charge in [0.25, 0.3) is 21.8 Å². The van der Waals surface area contributed by atoms with E-state index in [0.29, 0.717) is 0 Å². The molecule has 0 N–H and O–H groups in total. The first kappa shape index (κ1) is 22.4. The van der Waals surface area contributed by atoms with Crippen molar-refractivity contribution in [2.45, 2.75) is 24.7 Å². The zero-order chi connectivity index (χ0) is 23.6. The maximum atomic E-state index is 13.4. The molecule has 3 aromatic rings. The number of sulfonamides is 1. The number of carbonyl (C=O) groups is 3. The van der Waals surface area contributed by atoms with Crippen molar-refractivity contribution in [2.75, 3.05) is 10.8 Å². The van der Waals surface area contributed by atoms with Gasteiger partial charge in [0.2, 0.25) is 5.91 Å². The van der Waals surface area contributed by atoms with Gasteiger partial charge in [-0.1, -0.05) is 49.4 Å². The van der Waals surface area contributed by atoms with Crippen LogP contribution in [0.2, 0.25) is 0 Å². The lowest BCUT2D eigenvalue weighted by Crippen LogP contribution is -2.40. The van der Waals surface area contributed by atoms with Crippen LogP contribution in [0.3, 0.4) is 0 Å². The Balaban J connectivity index is 1.63. The number of hydrogen-bond acceptors (Lipinski definition) is 5. The van der Waals surface area contributed by atoms with E-state index in [4.69, 9.17) is 0 Å². The molecule has 8 heteroatoms. The molecule has 0 saturated carbocycles. The topological polar surface area (TPSA) is 91.8 Å². The van der Waals surface area contributed by atoms with Crippen LogP contribution in [0.25, 0.3) is 0 Å². The maximum absolute atomic E-state index is 13.4. The molecule has 0 aliphatic carbocycles. The van der Waals surface area contributed by atoms with E-state index in [0.717, 1.165) is 21.2 Å². The number of aryl methyl sites for hydroxylation is 1. The van der Waals surface area contributed by atoms with E-state index in [2.05, 4.69) is 0 Å². The SMILES string of the molecule is CCc1ccc(N(C(=O)CCN2C(=O)c3ccccc3C2=O)S(=O)(=O)c2ccccc2)cc1. The minimum absolute atomic E-state index is 0.0290. The molecule has 7 nitrogen and oxygen atoms in total. The first-order valence-corrected chi connectivity index (χ1v) is 12.0. The van der Waals surface area contributed by atoms with Crippen LogP contribution in [-0.2, 0) is 21.2 Å². The van der Waals surface area contributed by atoms with Crippen molar-refractivity contribution >= 4 is 33.4 Å². The van der Waals surface area contributed by atoms with Gasteiger partial charge in [0.1, 0.15) is 0 Å². The third-order valence-corrected chi connectivity index (χ3v) is 7.28. The first-order chi connectivity index (χ1) is 15.8. The van der Waals surface area contributed by atoms with Gasteiger partial charge in [-0.25, -0.2) is 12.7 Å². The second-order valence-electron chi connectivity index (χ2n) is 7.55. The van der Waals surface area contributed by atoms with Gasteiger partial charge >= 0.3 is 0 Å². The lowest BCUT2D eigenvalue weighted by molar-refractivity contribution is -0.117. The van der Waals surface area contributed by atoms with E-state index in [1.165, 1.54) is 12.1 Å². The van der Waals surface area contributed by atoms with Gasteiger partial charge in [0.15, 0.2) is 0 Å². The second kappa shape index (κ2) is 8.99. The Bertz CT molecular complexity index is 1280. The molecular weight excluding hydrogens is 440 g/mol. The average Bonchev–Trinajstić information content (AvgIpc) is 3.08. The monoisotopic (exact) mass is 462 g/mol. The fourth-order valence-corrected chi connectivity index (χ4v) is 5.20. The number of fused-ring (bicyclic) bond motifs is 1. The Kier molecular flexibility index (Phi) is 6.11. The Morgan fingerprint density at radius 2 is 1.36 bits per heavy atom. The van der Waals surface area contributed by atoms with Gasteiger partial charge in [-0.15, -0.1) is 0 Å². The summed E-state index contributed by atoms with van der Waals surface area (Å²) in [5.41, 5.74) is 1.75. The minimum Gasteiger partial charge on any atom is -0.274 e. The highest BCUT2D eigenvalue weighted by Crippen LogP contribution is 2.27. The van der Waals surface area contributed by atoms with Gasteiger partial charge in [0, 0.05) is 13.0 Å². The van der Waals surface area contributed by atoms with E-state index in [1.54, 1.807) is 66.7 Å². The summed E-state index contributed by atoms with van der Waals surface area (Å²) < 4.78 is 27.5. The molecule has 0 radical (unpaired) electrons. The predicted molar refractivity (Wildman–Crippen MR) is 123 cm³/mol. The molecule has 1 aliphatic rings. The van der Waals surface area contributed by atoms with Crippen LogP contribution in [0.5, 0.6) is 0 Å². The third-order valence-electron chi connectivity index (χ3n) is 5.51. The summed E-state index contributed by atoms with van der Waals surface area (Å²) in [6.07, 6.45) is 0.423. The quantitative estimate of drug-likeness (QED) is 0.500. The van der Waals surface area contributed by atoms with Crippen molar-refractivity contribution in [1.29, 1.82) is 0 Å². The number of carbonyl (C=O) groups excluding carboxylic acids is 3. The summed E-state index contributed by atoms with van der Waals surface area (Å²) in [6, 6.07) is 20.8. The van der Waals surface area contributed by atoms with Crippen LogP contribution in [-0.4, -0.2) is 37.6 Å². The molecule has 168 valence electrons. The molecule has 4 rings (SSSR count). The van der Waals surface area contributed by atoms with Gasteiger partial charge in [-0.05, 0) is 48.4 Å². The lowest BCUT2D eigenvalue weighted by atomic mass is 10.1. The Hall–Kier alpha value is -3.78. The van der Waals surface area contributed by atoms with Crippen molar-refractivity contribution in [3.63, 3.8) is 0 Å². The Labute approximate surface area is 192 Å². The summed E-state index contributed by atoms with van der Waals surface area (Å²) in [5.74, 6) is -1.72. The van der Waals surface area contributed by atoms with Crippen molar-refractivity contribution in [2.24, 2.45) is 0 Å². The van der Waals surface area contributed by atoms with Crippen LogP contribution in [0, 0.1) is 0 Å². The number of amides is 3. The standard InChI is InChI=1S/C25H22N2O5S/c1-2-18-12-14-19(15-13-18)27(33(31,32)20-8-4-3-5-9-20)23(28)16-17-26-24(29)21-10-6-7-11-22(21)25(26)30/h3-15H,2,16-17H2,1H3. The zero-order valence-corrected chi connectivity index (χ0v) is 18.8. The summed E-state index contributed by atoms with van der Waals surface area (Å²) in [5, 5.41) is 0. The molecule has 33 heavy (non-hydrogen) atoms. The molecule has 0 spiro atoms. The smallest absolute Gasteiger partial charge is 0.270 e. The number of imide groups is 1. The van der Waals surface area contributed by atoms with Crippen LogP contribution in [0.1, 0.15) is 39.6 Å². The summed E-state index contributed by atoms with van der Waals surface area (Å²) >= 11 is 0. The van der Waals surface area contributed by atoms with Crippen LogP contribution in [0.4, 0.5) is 5.69 Å². The number of hydrogen-bond donors (Lipinski definition) is 0. The molecular formula is C25H22N2O5S. The molecule has 0 bridgehead atoms. The van der Waals surface area contributed by atoms with Crippen LogP contribution >= 0.6 is 0 Å². The van der Waals surface area contributed by atoms with E-state index in [9.17, 15) is 22.8 Å². The van der Waals surface area contributed by atoms with E-state index in [-0.39, 0.29) is 34.7 Å². The molecule has 0 fully saturated rings. The van der Waals surface area contributed by atoms with E-state index >= 15 is 0 Å². The van der Waals surface area contributed by atoms with Crippen molar-refractivity contribution in [1.82, 2.24) is 4.90 Å². The Morgan fingerprint density at radius 3 is 1.91 bits per heavy atom. The van der Waals surface area contributed by atoms with E-state index in [1.807, 2.05) is 6.92 Å². The number of rotatable bonds is 7. The molecule has 3 aromatic carbocycles. The molecule has 1 aliphatic heterocycles. The number of anilines is 1. The van der Waals surface area contributed by atoms with Crippen molar-refractivity contribution < 1.29 is 22.8 Å². The van der Waals surface area contributed by atoms with Gasteiger partial charge in [-0.2, -0.15) is 0 Å². The predicted octanol–water partition coefficient (Wildman–Crippen LogP) is 3.66. The minimum atomic E-state index is -4.20. The van der Waals surface area contributed by atoms with Crippen molar-refractivity contribution in [3.05, 3.63) is 95.6 Å². The van der Waals surface area contributed by atoms with E-state index < -0.39 is 27.7 Å². The maximum Gasteiger partial charge on any atom is 0.270 e. The lowest BCUT2D eigenvalue weighted by Gasteiger charge is -2.24. The Morgan fingerprint density at radius 1 is 0.818 bits per heavy atom. The highest BCUT2D eigenvalue weighted by atomic mass is 32.2. The highest BCUT2D eigenvalue weighted by Gasteiger charge is 2.37. The van der Waals surface area contributed by atoms with Crippen LogP contribution in [0.15, 0.2) is 83.8 Å².